The van der Waals surface area contributed by atoms with E-state index in [1.165, 1.54) is 5.39 Å². The van der Waals surface area contributed by atoms with E-state index in [1.807, 2.05) is 36.5 Å². The van der Waals surface area contributed by atoms with Crippen LogP contribution in [0.3, 0.4) is 0 Å². The Morgan fingerprint density at radius 3 is 2.17 bits per heavy atom. The number of aromatic nitrogens is 2. The molecule has 0 N–H and O–H groups in total. The molecule has 2 heterocycles. The third-order valence-corrected chi connectivity index (χ3v) is 4.49. The Hall–Kier alpha value is -3.01. The van der Waals surface area contributed by atoms with Crippen LogP contribution in [0.1, 0.15) is 0 Å². The van der Waals surface area contributed by atoms with Crippen molar-refractivity contribution in [3.8, 4) is 22.8 Å². The monoisotopic (exact) mass is 318 g/mol. The Morgan fingerprint density at radius 1 is 0.792 bits per heavy atom. The fourth-order valence-corrected chi connectivity index (χ4v) is 3.12. The molecule has 0 unspecified atom stereocenters. The van der Waals surface area contributed by atoms with Crippen molar-refractivity contribution in [3.63, 3.8) is 0 Å². The Bertz CT molecular complexity index is 1030. The van der Waals surface area contributed by atoms with E-state index < -0.39 is 0 Å². The number of fused-ring (bicyclic) bond motifs is 3. The average Bonchev–Trinajstić information content (AvgIpc) is 2.93. The van der Waals surface area contributed by atoms with Gasteiger partial charge in [0.15, 0.2) is 0 Å². The minimum Gasteiger partial charge on any atom is -0.497 e. The lowest BCUT2D eigenvalue weighted by Gasteiger charge is -2.04. The maximum atomic E-state index is 5.35. The van der Waals surface area contributed by atoms with Crippen molar-refractivity contribution in [2.24, 2.45) is 7.05 Å². The van der Waals surface area contributed by atoms with Gasteiger partial charge in [-0.15, -0.1) is 0 Å². The van der Waals surface area contributed by atoms with Crippen molar-refractivity contribution >= 4 is 21.8 Å². The third kappa shape index (κ3) is 2.19. The highest BCUT2D eigenvalue weighted by Gasteiger charge is 2.11. The van der Waals surface area contributed by atoms with Crippen LogP contribution in [0.2, 0.25) is 0 Å². The number of methoxy groups -OCH3 is 2. The predicted octanol–water partition coefficient (Wildman–Crippen LogP) is 4.41. The van der Waals surface area contributed by atoms with Gasteiger partial charge in [-0.05, 0) is 42.5 Å². The maximum Gasteiger partial charge on any atom is 0.120 e. The standard InChI is InChI=1S/C20H18N2O2/c1-22-19-10-15(24-3)8-9-16(19)17-12-21-18(11-20(17)22)13-4-6-14(23-2)7-5-13/h4-12H,1-3H3. The van der Waals surface area contributed by atoms with E-state index in [-0.39, 0.29) is 0 Å². The quantitative estimate of drug-likeness (QED) is 0.561. The molecule has 0 amide bonds. The first-order valence-corrected chi connectivity index (χ1v) is 7.78. The van der Waals surface area contributed by atoms with Crippen molar-refractivity contribution in [3.05, 3.63) is 54.7 Å². The molecule has 0 fully saturated rings. The Labute approximate surface area is 140 Å². The van der Waals surface area contributed by atoms with Gasteiger partial charge in [0.1, 0.15) is 11.5 Å². The van der Waals surface area contributed by atoms with Gasteiger partial charge in [0.2, 0.25) is 0 Å². The Kier molecular flexibility index (Phi) is 3.38. The second-order valence-corrected chi connectivity index (χ2v) is 5.76. The summed E-state index contributed by atoms with van der Waals surface area (Å²) in [5, 5.41) is 2.33. The summed E-state index contributed by atoms with van der Waals surface area (Å²) >= 11 is 0. The van der Waals surface area contributed by atoms with Gasteiger partial charge in [-0.3, -0.25) is 4.98 Å². The minimum absolute atomic E-state index is 0.844. The van der Waals surface area contributed by atoms with E-state index in [2.05, 4.69) is 34.8 Å². The highest BCUT2D eigenvalue weighted by atomic mass is 16.5. The SMILES string of the molecule is COc1ccc(-c2cc3c(cn2)c2ccc(OC)cc2n3C)cc1. The number of rotatable bonds is 3. The number of ether oxygens (including phenoxy) is 2. The predicted molar refractivity (Wildman–Crippen MR) is 96.8 cm³/mol. The van der Waals surface area contributed by atoms with Crippen LogP contribution in [-0.4, -0.2) is 23.8 Å². The van der Waals surface area contributed by atoms with Crippen LogP contribution in [0.4, 0.5) is 0 Å². The summed E-state index contributed by atoms with van der Waals surface area (Å²) in [6.45, 7) is 0. The van der Waals surface area contributed by atoms with Gasteiger partial charge >= 0.3 is 0 Å². The van der Waals surface area contributed by atoms with Crippen LogP contribution in [0.5, 0.6) is 11.5 Å². The zero-order valence-corrected chi connectivity index (χ0v) is 13.9. The van der Waals surface area contributed by atoms with Crippen LogP contribution in [0, 0.1) is 0 Å². The Morgan fingerprint density at radius 2 is 1.46 bits per heavy atom. The first-order chi connectivity index (χ1) is 11.7. The summed E-state index contributed by atoms with van der Waals surface area (Å²) in [6, 6.07) is 16.2. The fraction of sp³-hybridized carbons (Fsp3) is 0.150. The molecular weight excluding hydrogens is 300 g/mol. The van der Waals surface area contributed by atoms with Crippen LogP contribution < -0.4 is 9.47 Å². The second-order valence-electron chi connectivity index (χ2n) is 5.76. The molecular formula is C20H18N2O2. The molecule has 0 radical (unpaired) electrons. The third-order valence-electron chi connectivity index (χ3n) is 4.49. The Balaban J connectivity index is 1.90. The zero-order valence-electron chi connectivity index (χ0n) is 13.9. The number of benzene rings is 2. The van der Waals surface area contributed by atoms with Crippen molar-refractivity contribution < 1.29 is 9.47 Å². The van der Waals surface area contributed by atoms with Gasteiger partial charge in [0.05, 0.1) is 30.9 Å². The summed E-state index contributed by atoms with van der Waals surface area (Å²) in [5.41, 5.74) is 4.31. The van der Waals surface area contributed by atoms with Crippen LogP contribution in [0.15, 0.2) is 54.7 Å². The van der Waals surface area contributed by atoms with Gasteiger partial charge in [0.25, 0.3) is 0 Å². The van der Waals surface area contributed by atoms with Crippen LogP contribution in [0.25, 0.3) is 33.1 Å². The van der Waals surface area contributed by atoms with Gasteiger partial charge in [0, 0.05) is 35.6 Å². The number of aryl methyl sites for hydroxylation is 1. The molecule has 4 nitrogen and oxygen atoms in total. The molecule has 0 aliphatic rings. The van der Waals surface area contributed by atoms with Crippen molar-refractivity contribution in [2.45, 2.75) is 0 Å². The molecule has 0 saturated carbocycles. The molecule has 0 atom stereocenters. The molecule has 0 bridgehead atoms. The topological polar surface area (TPSA) is 36.3 Å². The lowest BCUT2D eigenvalue weighted by atomic mass is 10.1. The molecule has 4 heteroatoms. The highest BCUT2D eigenvalue weighted by molar-refractivity contribution is 6.08. The number of pyridine rings is 1. The maximum absolute atomic E-state index is 5.35. The molecule has 24 heavy (non-hydrogen) atoms. The van der Waals surface area contributed by atoms with Crippen LogP contribution in [-0.2, 0) is 7.05 Å². The van der Waals surface area contributed by atoms with E-state index >= 15 is 0 Å². The van der Waals surface area contributed by atoms with E-state index in [0.29, 0.717) is 0 Å². The molecule has 0 saturated heterocycles. The molecule has 0 aliphatic heterocycles. The summed E-state index contributed by atoms with van der Waals surface area (Å²) in [6.07, 6.45) is 1.95. The number of hydrogen-bond donors (Lipinski definition) is 0. The number of hydrogen-bond acceptors (Lipinski definition) is 3. The van der Waals surface area contributed by atoms with E-state index in [9.17, 15) is 0 Å². The molecule has 4 rings (SSSR count). The normalized spacial score (nSPS) is 11.1. The molecule has 120 valence electrons. The lowest BCUT2D eigenvalue weighted by Crippen LogP contribution is -1.90. The zero-order chi connectivity index (χ0) is 16.7. The van der Waals surface area contributed by atoms with Crippen molar-refractivity contribution in [2.75, 3.05) is 14.2 Å². The van der Waals surface area contributed by atoms with Gasteiger partial charge in [-0.1, -0.05) is 0 Å². The summed E-state index contributed by atoms with van der Waals surface area (Å²) in [4.78, 5) is 4.65. The lowest BCUT2D eigenvalue weighted by molar-refractivity contribution is 0.415. The van der Waals surface area contributed by atoms with Gasteiger partial charge in [-0.25, -0.2) is 0 Å². The summed E-state index contributed by atoms with van der Waals surface area (Å²) in [7, 11) is 5.43. The van der Waals surface area contributed by atoms with E-state index in [4.69, 9.17) is 9.47 Å². The smallest absolute Gasteiger partial charge is 0.120 e. The largest absolute Gasteiger partial charge is 0.497 e. The summed E-state index contributed by atoms with van der Waals surface area (Å²) in [5.74, 6) is 1.70. The van der Waals surface area contributed by atoms with Crippen molar-refractivity contribution in [1.82, 2.24) is 9.55 Å². The van der Waals surface area contributed by atoms with Crippen molar-refractivity contribution in [1.29, 1.82) is 0 Å². The number of nitrogens with zero attached hydrogens (tertiary/aromatic N) is 2. The average molecular weight is 318 g/mol. The highest BCUT2D eigenvalue weighted by Crippen LogP contribution is 2.32. The van der Waals surface area contributed by atoms with Gasteiger partial charge in [-0.2, -0.15) is 0 Å². The van der Waals surface area contributed by atoms with Gasteiger partial charge < -0.3 is 14.0 Å². The van der Waals surface area contributed by atoms with E-state index in [1.54, 1.807) is 14.2 Å². The van der Waals surface area contributed by atoms with E-state index in [0.717, 1.165) is 39.2 Å². The molecule has 0 spiro atoms. The minimum atomic E-state index is 0.844. The van der Waals surface area contributed by atoms with Crippen LogP contribution >= 0.6 is 0 Å². The molecule has 2 aromatic heterocycles. The molecule has 2 aromatic carbocycles. The first kappa shape index (κ1) is 14.6. The first-order valence-electron chi connectivity index (χ1n) is 7.78. The molecule has 0 aliphatic carbocycles. The molecule has 4 aromatic rings. The fourth-order valence-electron chi connectivity index (χ4n) is 3.12. The second kappa shape index (κ2) is 5.57. The summed E-state index contributed by atoms with van der Waals surface area (Å²) < 4.78 is 12.7.